The molecule has 3 rings (SSSR count). The van der Waals surface area contributed by atoms with Gasteiger partial charge in [-0.3, -0.25) is 4.21 Å². The minimum absolute atomic E-state index is 0.431. The van der Waals surface area contributed by atoms with Crippen molar-refractivity contribution in [1.29, 1.82) is 0 Å². The van der Waals surface area contributed by atoms with Crippen LogP contribution in [-0.2, 0) is 29.4 Å². The molecule has 5 heteroatoms. The molecule has 1 heterocycles. The summed E-state index contributed by atoms with van der Waals surface area (Å²) in [6.45, 7) is 1.89. The normalized spacial score (nSPS) is 12.7. The van der Waals surface area contributed by atoms with Crippen molar-refractivity contribution >= 4 is 21.6 Å². The second kappa shape index (κ2) is 5.77. The first-order valence-corrected chi connectivity index (χ1v) is 8.30. The third kappa shape index (κ3) is 2.88. The third-order valence-electron chi connectivity index (χ3n) is 3.67. The Hall–Kier alpha value is -2.01. The molecule has 0 aliphatic heterocycles. The van der Waals surface area contributed by atoms with Crippen molar-refractivity contribution in [3.63, 3.8) is 0 Å². The highest BCUT2D eigenvalue weighted by Crippen LogP contribution is 2.20. The molecule has 0 saturated heterocycles. The quantitative estimate of drug-likeness (QED) is 0.744. The number of rotatable bonds is 4. The SMILES string of the molecule is Cc1nnc(CS(=O)Cc2cccc3ccccc23)n1C. The molecule has 0 radical (unpaired) electrons. The fourth-order valence-corrected chi connectivity index (χ4v) is 3.60. The van der Waals surface area contributed by atoms with Crippen LogP contribution in [0, 0.1) is 6.92 Å². The van der Waals surface area contributed by atoms with Crippen LogP contribution in [0.5, 0.6) is 0 Å². The van der Waals surface area contributed by atoms with Gasteiger partial charge in [0.1, 0.15) is 11.6 Å². The van der Waals surface area contributed by atoms with E-state index in [4.69, 9.17) is 0 Å². The van der Waals surface area contributed by atoms with Crippen molar-refractivity contribution in [3.8, 4) is 0 Å². The summed E-state index contributed by atoms with van der Waals surface area (Å²) in [5.74, 6) is 2.58. The van der Waals surface area contributed by atoms with Crippen molar-refractivity contribution in [2.75, 3.05) is 0 Å². The van der Waals surface area contributed by atoms with Crippen LogP contribution in [0.1, 0.15) is 17.2 Å². The lowest BCUT2D eigenvalue weighted by atomic mass is 10.1. The number of hydrogen-bond acceptors (Lipinski definition) is 3. The summed E-state index contributed by atoms with van der Waals surface area (Å²) in [6.07, 6.45) is 0. The highest BCUT2D eigenvalue weighted by Gasteiger charge is 2.11. The minimum atomic E-state index is -0.998. The summed E-state index contributed by atoms with van der Waals surface area (Å²) in [5, 5.41) is 10.4. The Morgan fingerprint density at radius 2 is 1.81 bits per heavy atom. The van der Waals surface area contributed by atoms with Gasteiger partial charge < -0.3 is 4.57 Å². The maximum absolute atomic E-state index is 12.4. The van der Waals surface area contributed by atoms with Gasteiger partial charge in [0.05, 0.1) is 5.75 Å². The lowest BCUT2D eigenvalue weighted by Gasteiger charge is -2.07. The first-order valence-electron chi connectivity index (χ1n) is 6.81. The lowest BCUT2D eigenvalue weighted by Crippen LogP contribution is -2.06. The fraction of sp³-hybridized carbons (Fsp3) is 0.250. The van der Waals surface area contributed by atoms with Crippen LogP contribution in [0.25, 0.3) is 10.8 Å². The van der Waals surface area contributed by atoms with E-state index in [9.17, 15) is 4.21 Å². The van der Waals surface area contributed by atoms with Crippen LogP contribution in [0.2, 0.25) is 0 Å². The number of nitrogens with zero attached hydrogens (tertiary/aromatic N) is 3. The molecule has 0 amide bonds. The highest BCUT2D eigenvalue weighted by molar-refractivity contribution is 7.83. The first-order chi connectivity index (χ1) is 10.1. The fourth-order valence-electron chi connectivity index (χ4n) is 2.36. The summed E-state index contributed by atoms with van der Waals surface area (Å²) in [5.41, 5.74) is 1.12. The molecule has 0 aliphatic rings. The molecule has 0 aliphatic carbocycles. The summed E-state index contributed by atoms with van der Waals surface area (Å²) < 4.78 is 14.3. The molecule has 1 atom stereocenters. The Morgan fingerprint density at radius 3 is 2.57 bits per heavy atom. The van der Waals surface area contributed by atoms with Gasteiger partial charge in [0.15, 0.2) is 0 Å². The van der Waals surface area contributed by atoms with Gasteiger partial charge in [0.25, 0.3) is 0 Å². The Balaban J connectivity index is 1.82. The molecule has 1 unspecified atom stereocenters. The summed E-state index contributed by atoms with van der Waals surface area (Å²) in [7, 11) is 0.904. The van der Waals surface area contributed by atoms with Gasteiger partial charge in [0, 0.05) is 23.6 Å². The van der Waals surface area contributed by atoms with Gasteiger partial charge in [-0.05, 0) is 23.3 Å². The van der Waals surface area contributed by atoms with Gasteiger partial charge >= 0.3 is 0 Å². The Labute approximate surface area is 126 Å². The van der Waals surface area contributed by atoms with E-state index in [1.54, 1.807) is 0 Å². The summed E-state index contributed by atoms with van der Waals surface area (Å²) in [6, 6.07) is 14.3. The smallest absolute Gasteiger partial charge is 0.145 e. The van der Waals surface area contributed by atoms with Gasteiger partial charge in [0.2, 0.25) is 0 Å². The predicted molar refractivity (Wildman–Crippen MR) is 85.2 cm³/mol. The van der Waals surface area contributed by atoms with E-state index < -0.39 is 10.8 Å². The zero-order chi connectivity index (χ0) is 14.8. The molecule has 21 heavy (non-hydrogen) atoms. The van der Waals surface area contributed by atoms with Gasteiger partial charge in [-0.25, -0.2) is 0 Å². The number of aryl methyl sites for hydroxylation is 1. The van der Waals surface area contributed by atoms with Crippen LogP contribution >= 0.6 is 0 Å². The van der Waals surface area contributed by atoms with E-state index in [-0.39, 0.29) is 0 Å². The van der Waals surface area contributed by atoms with Crippen LogP contribution < -0.4 is 0 Å². The number of hydrogen-bond donors (Lipinski definition) is 0. The Kier molecular flexibility index (Phi) is 3.84. The van der Waals surface area contributed by atoms with Crippen molar-refractivity contribution in [3.05, 3.63) is 59.7 Å². The molecule has 0 spiro atoms. The number of fused-ring (bicyclic) bond motifs is 1. The van der Waals surface area contributed by atoms with E-state index >= 15 is 0 Å². The largest absolute Gasteiger partial charge is 0.318 e. The van der Waals surface area contributed by atoms with Crippen molar-refractivity contribution in [2.24, 2.45) is 7.05 Å². The molecular formula is C16H17N3OS. The average molecular weight is 299 g/mol. The van der Waals surface area contributed by atoms with Crippen molar-refractivity contribution < 1.29 is 4.21 Å². The number of aromatic nitrogens is 3. The van der Waals surface area contributed by atoms with Crippen LogP contribution in [0.3, 0.4) is 0 Å². The van der Waals surface area contributed by atoms with Crippen LogP contribution in [-0.4, -0.2) is 19.0 Å². The van der Waals surface area contributed by atoms with Gasteiger partial charge in [-0.1, -0.05) is 42.5 Å². The zero-order valence-corrected chi connectivity index (χ0v) is 12.9. The molecular weight excluding hydrogens is 282 g/mol. The van der Waals surface area contributed by atoms with Gasteiger partial charge in [-0.15, -0.1) is 10.2 Å². The van der Waals surface area contributed by atoms with Crippen molar-refractivity contribution in [2.45, 2.75) is 18.4 Å². The number of benzene rings is 2. The standard InChI is InChI=1S/C16H17N3OS/c1-12-17-18-16(19(12)2)11-21(20)10-14-8-5-7-13-6-3-4-9-15(13)14/h3-9H,10-11H2,1-2H3. The third-order valence-corrected chi connectivity index (χ3v) is 4.88. The van der Waals surface area contributed by atoms with E-state index in [2.05, 4.69) is 28.4 Å². The van der Waals surface area contributed by atoms with Crippen LogP contribution in [0.15, 0.2) is 42.5 Å². The second-order valence-corrected chi connectivity index (χ2v) is 6.55. The first kappa shape index (κ1) is 13.9. The molecule has 108 valence electrons. The lowest BCUT2D eigenvalue weighted by molar-refractivity contribution is 0.679. The maximum Gasteiger partial charge on any atom is 0.145 e. The van der Waals surface area contributed by atoms with E-state index in [1.165, 1.54) is 10.8 Å². The molecule has 0 bridgehead atoms. The molecule has 4 nitrogen and oxygen atoms in total. The van der Waals surface area contributed by atoms with Gasteiger partial charge in [-0.2, -0.15) is 0 Å². The predicted octanol–water partition coefficient (Wildman–Crippen LogP) is 2.73. The Bertz CT molecular complexity index is 805. The molecule has 0 saturated carbocycles. The van der Waals surface area contributed by atoms with E-state index in [0.29, 0.717) is 11.5 Å². The minimum Gasteiger partial charge on any atom is -0.318 e. The average Bonchev–Trinajstić information content (AvgIpc) is 2.80. The Morgan fingerprint density at radius 1 is 1.05 bits per heavy atom. The van der Waals surface area contributed by atoms with E-state index in [0.717, 1.165) is 17.2 Å². The summed E-state index contributed by atoms with van der Waals surface area (Å²) in [4.78, 5) is 0. The maximum atomic E-state index is 12.4. The molecule has 2 aromatic carbocycles. The molecule has 0 N–H and O–H groups in total. The molecule has 3 aromatic rings. The monoisotopic (exact) mass is 299 g/mol. The van der Waals surface area contributed by atoms with E-state index in [1.807, 2.05) is 42.8 Å². The molecule has 1 aromatic heterocycles. The van der Waals surface area contributed by atoms with Crippen molar-refractivity contribution in [1.82, 2.24) is 14.8 Å². The topological polar surface area (TPSA) is 47.8 Å². The molecule has 0 fully saturated rings. The van der Waals surface area contributed by atoms with Crippen LogP contribution in [0.4, 0.5) is 0 Å². The summed E-state index contributed by atoms with van der Waals surface area (Å²) >= 11 is 0. The zero-order valence-electron chi connectivity index (χ0n) is 12.1. The highest BCUT2D eigenvalue weighted by atomic mass is 32.2. The second-order valence-electron chi connectivity index (χ2n) is 5.09.